The second kappa shape index (κ2) is 10.3. The van der Waals surface area contributed by atoms with Crippen LogP contribution in [-0.2, 0) is 6.54 Å². The molecule has 4 aromatic rings. The molecule has 3 heterocycles. The molecule has 9 nitrogen and oxygen atoms in total. The van der Waals surface area contributed by atoms with Crippen LogP contribution in [0.15, 0.2) is 64.9 Å². The fraction of sp³-hybridized carbons (Fsp3) is 0.259. The highest BCUT2D eigenvalue weighted by Gasteiger charge is 2.32. The summed E-state index contributed by atoms with van der Waals surface area (Å²) in [6.45, 7) is 1.04. The normalized spacial score (nSPS) is 14.6. The summed E-state index contributed by atoms with van der Waals surface area (Å²) >= 11 is 0. The third kappa shape index (κ3) is 5.35. The minimum absolute atomic E-state index is 0.0124. The number of hydrogen-bond acceptors (Lipinski definition) is 8. The third-order valence-corrected chi connectivity index (χ3v) is 6.39. The van der Waals surface area contributed by atoms with Crippen LogP contribution in [-0.4, -0.2) is 43.5 Å². The zero-order valence-corrected chi connectivity index (χ0v) is 21.1. The van der Waals surface area contributed by atoms with Crippen LogP contribution >= 0.6 is 0 Å². The van der Waals surface area contributed by atoms with Gasteiger partial charge in [-0.1, -0.05) is 24.3 Å². The summed E-state index contributed by atoms with van der Waals surface area (Å²) in [5.74, 6) is 0.996. The molecule has 1 saturated carbocycles. The van der Waals surface area contributed by atoms with Crippen LogP contribution < -0.4 is 16.0 Å². The fourth-order valence-corrected chi connectivity index (χ4v) is 4.16. The predicted octanol–water partition coefficient (Wildman–Crippen LogP) is 4.46. The maximum absolute atomic E-state index is 12.9. The number of alkyl halides is 3. The first-order chi connectivity index (χ1) is 18.7. The molecule has 0 saturated heterocycles. The number of methoxy groups -OCH3 is 1. The molecule has 12 heteroatoms. The van der Waals surface area contributed by atoms with Crippen molar-refractivity contribution in [3.05, 3.63) is 82.3 Å². The number of fused-ring (bicyclic) bond motifs is 1. The third-order valence-electron chi connectivity index (χ3n) is 6.39. The molecule has 1 aliphatic rings. The van der Waals surface area contributed by atoms with E-state index in [-0.39, 0.29) is 23.7 Å². The van der Waals surface area contributed by atoms with Crippen LogP contribution in [0.5, 0.6) is 5.88 Å². The Labute approximate surface area is 220 Å². The molecule has 5 rings (SSSR count). The lowest BCUT2D eigenvalue weighted by molar-refractivity contribution is -0.0591. The SMILES string of the molecule is COc1ncnc(C2CC2)c1-c1ncc2ccc(=O)n(Cc3ccc(/C(=C/N)N=C(C)C(F)(F)F)cc3)c2n1. The zero-order chi connectivity index (χ0) is 27.7. The first-order valence-corrected chi connectivity index (χ1v) is 12.1. The molecule has 2 N–H and O–H groups in total. The van der Waals surface area contributed by atoms with E-state index in [0.29, 0.717) is 33.9 Å². The highest BCUT2D eigenvalue weighted by Crippen LogP contribution is 2.44. The van der Waals surface area contributed by atoms with Gasteiger partial charge in [-0.25, -0.2) is 24.9 Å². The van der Waals surface area contributed by atoms with Crippen LogP contribution in [0.25, 0.3) is 28.1 Å². The number of nitrogens with two attached hydrogens (primary N) is 1. The van der Waals surface area contributed by atoms with Crippen molar-refractivity contribution in [1.29, 1.82) is 0 Å². The van der Waals surface area contributed by atoms with E-state index in [1.165, 1.54) is 24.1 Å². The van der Waals surface area contributed by atoms with E-state index in [2.05, 4.69) is 19.9 Å². The Bertz CT molecular complexity index is 1660. The lowest BCUT2D eigenvalue weighted by Gasteiger charge is -2.13. The van der Waals surface area contributed by atoms with Crippen molar-refractivity contribution in [2.24, 2.45) is 10.7 Å². The molecular formula is C27H24F3N7O2. The number of rotatable bonds is 7. The molecule has 1 fully saturated rings. The van der Waals surface area contributed by atoms with E-state index in [4.69, 9.17) is 15.5 Å². The minimum atomic E-state index is -4.56. The number of benzene rings is 1. The van der Waals surface area contributed by atoms with Gasteiger partial charge < -0.3 is 10.5 Å². The smallest absolute Gasteiger partial charge is 0.429 e. The van der Waals surface area contributed by atoms with Crippen LogP contribution in [0, 0.1) is 0 Å². The van der Waals surface area contributed by atoms with Crippen molar-refractivity contribution in [2.75, 3.05) is 7.11 Å². The van der Waals surface area contributed by atoms with Gasteiger partial charge in [-0.2, -0.15) is 13.2 Å². The number of hydrogen-bond donors (Lipinski definition) is 1. The van der Waals surface area contributed by atoms with Gasteiger partial charge in [-0.05, 0) is 31.4 Å². The monoisotopic (exact) mass is 535 g/mol. The maximum atomic E-state index is 12.9. The number of pyridine rings is 1. The van der Waals surface area contributed by atoms with Gasteiger partial charge in [0.05, 0.1) is 25.0 Å². The summed E-state index contributed by atoms with van der Waals surface area (Å²) in [5.41, 5.74) is 7.21. The van der Waals surface area contributed by atoms with Gasteiger partial charge in [0.15, 0.2) is 5.82 Å². The maximum Gasteiger partial charge on any atom is 0.429 e. The molecule has 0 aliphatic heterocycles. The summed E-state index contributed by atoms with van der Waals surface area (Å²) in [4.78, 5) is 34.5. The Morgan fingerprint density at radius 2 is 1.90 bits per heavy atom. The number of aromatic nitrogens is 5. The number of aliphatic imine (C=N–C) groups is 1. The van der Waals surface area contributed by atoms with Gasteiger partial charge in [0.2, 0.25) is 5.88 Å². The molecule has 0 spiro atoms. The summed E-state index contributed by atoms with van der Waals surface area (Å²) < 4.78 is 45.8. The van der Waals surface area contributed by atoms with Crippen molar-refractivity contribution in [3.63, 3.8) is 0 Å². The Kier molecular flexibility index (Phi) is 6.85. The molecular weight excluding hydrogens is 511 g/mol. The van der Waals surface area contributed by atoms with Gasteiger partial charge >= 0.3 is 6.18 Å². The summed E-state index contributed by atoms with van der Waals surface area (Å²) in [7, 11) is 1.52. The average Bonchev–Trinajstić information content (AvgIpc) is 3.78. The van der Waals surface area contributed by atoms with Gasteiger partial charge in [0.25, 0.3) is 5.56 Å². The first kappa shape index (κ1) is 26.0. The summed E-state index contributed by atoms with van der Waals surface area (Å²) in [5, 5.41) is 0.657. The molecule has 3 aromatic heterocycles. The van der Waals surface area contributed by atoms with E-state index < -0.39 is 11.9 Å². The number of ether oxygens (including phenoxy) is 1. The highest BCUT2D eigenvalue weighted by molar-refractivity contribution is 5.92. The summed E-state index contributed by atoms with van der Waals surface area (Å²) in [6, 6.07) is 9.69. The minimum Gasteiger partial charge on any atom is -0.480 e. The van der Waals surface area contributed by atoms with E-state index in [0.717, 1.165) is 37.2 Å². The van der Waals surface area contributed by atoms with Crippen molar-refractivity contribution in [1.82, 2.24) is 24.5 Å². The summed E-state index contributed by atoms with van der Waals surface area (Å²) in [6.07, 6.45) is 1.57. The molecule has 0 bridgehead atoms. The molecule has 0 amide bonds. The van der Waals surface area contributed by atoms with Crippen LogP contribution in [0.3, 0.4) is 0 Å². The Morgan fingerprint density at radius 3 is 2.54 bits per heavy atom. The molecule has 1 aliphatic carbocycles. The quantitative estimate of drug-likeness (QED) is 0.347. The Balaban J connectivity index is 1.52. The molecule has 1 aromatic carbocycles. The zero-order valence-electron chi connectivity index (χ0n) is 21.1. The topological polar surface area (TPSA) is 121 Å². The molecule has 0 unspecified atom stereocenters. The van der Waals surface area contributed by atoms with Crippen LogP contribution in [0.2, 0.25) is 0 Å². The average molecular weight is 536 g/mol. The van der Waals surface area contributed by atoms with Crippen LogP contribution in [0.4, 0.5) is 13.2 Å². The van der Waals surface area contributed by atoms with E-state index in [9.17, 15) is 18.0 Å². The van der Waals surface area contributed by atoms with E-state index in [1.807, 2.05) is 0 Å². The van der Waals surface area contributed by atoms with Gasteiger partial charge in [-0.15, -0.1) is 0 Å². The second-order valence-electron chi connectivity index (χ2n) is 9.09. The highest BCUT2D eigenvalue weighted by atomic mass is 19.4. The first-order valence-electron chi connectivity index (χ1n) is 12.1. The number of halogens is 3. The van der Waals surface area contributed by atoms with Gasteiger partial charge in [0, 0.05) is 35.3 Å². The van der Waals surface area contributed by atoms with Crippen molar-refractivity contribution in [3.8, 4) is 17.3 Å². The van der Waals surface area contributed by atoms with Gasteiger partial charge in [-0.3, -0.25) is 9.36 Å². The number of nitrogens with zero attached hydrogens (tertiary/aromatic N) is 6. The lowest BCUT2D eigenvalue weighted by atomic mass is 10.1. The largest absolute Gasteiger partial charge is 0.480 e. The molecule has 0 atom stereocenters. The molecule has 0 radical (unpaired) electrons. The standard InChI is InChI=1S/C27H24F3N7O2/c1-15(27(28,29)30)35-20(11-31)17-5-3-16(4-6-17)13-37-21(38)10-9-19-12-32-24(36-25(19)37)22-23(18-7-8-18)33-14-34-26(22)39-2/h3-6,9-12,14,18H,7-8,13,31H2,1-2H3/b20-11-,35-15?. The van der Waals surface area contributed by atoms with Crippen molar-refractivity contribution in [2.45, 2.75) is 38.4 Å². The lowest BCUT2D eigenvalue weighted by Crippen LogP contribution is -2.21. The Morgan fingerprint density at radius 1 is 1.15 bits per heavy atom. The van der Waals surface area contributed by atoms with Crippen molar-refractivity contribution >= 4 is 22.4 Å². The molecule has 200 valence electrons. The van der Waals surface area contributed by atoms with Crippen molar-refractivity contribution < 1.29 is 17.9 Å². The second-order valence-corrected chi connectivity index (χ2v) is 9.09. The van der Waals surface area contributed by atoms with Crippen LogP contribution in [0.1, 0.15) is 42.5 Å². The molecule has 39 heavy (non-hydrogen) atoms. The Hall–Kier alpha value is -4.61. The van der Waals surface area contributed by atoms with E-state index >= 15 is 0 Å². The fourth-order valence-electron chi connectivity index (χ4n) is 4.16. The van der Waals surface area contributed by atoms with Gasteiger partial charge in [0.1, 0.15) is 23.2 Å². The van der Waals surface area contributed by atoms with E-state index in [1.54, 1.807) is 36.5 Å². The predicted molar refractivity (Wildman–Crippen MR) is 140 cm³/mol.